The number of imide groups is 1. The van der Waals surface area contributed by atoms with Crippen LogP contribution >= 0.6 is 11.3 Å². The van der Waals surface area contributed by atoms with Crippen molar-refractivity contribution in [2.75, 3.05) is 0 Å². The maximum Gasteiger partial charge on any atom is 0.325 e. The van der Waals surface area contributed by atoms with E-state index in [1.54, 1.807) is 13.0 Å². The Labute approximate surface area is 139 Å². The summed E-state index contributed by atoms with van der Waals surface area (Å²) in [6, 6.07) is 7.08. The molecule has 0 unspecified atom stereocenters. The summed E-state index contributed by atoms with van der Waals surface area (Å²) in [5.41, 5.74) is -0.346. The summed E-state index contributed by atoms with van der Waals surface area (Å²) in [5, 5.41) is 4.56. The molecule has 3 amide bonds. The molecule has 1 aliphatic rings. The zero-order valence-corrected chi connectivity index (χ0v) is 13.4. The minimum atomic E-state index is -1.09. The Morgan fingerprint density at radius 3 is 2.96 bits per heavy atom. The number of urea groups is 1. The lowest BCUT2D eigenvalue weighted by Crippen LogP contribution is -2.40. The van der Waals surface area contributed by atoms with Crippen molar-refractivity contribution in [1.29, 1.82) is 0 Å². The molecule has 1 fully saturated rings. The Hall–Kier alpha value is -2.74. The fourth-order valence-corrected chi connectivity index (χ4v) is 3.56. The maximum atomic E-state index is 13.2. The molecule has 3 aromatic rings. The van der Waals surface area contributed by atoms with Crippen LogP contribution in [-0.2, 0) is 16.9 Å². The van der Waals surface area contributed by atoms with E-state index in [2.05, 4.69) is 10.3 Å². The van der Waals surface area contributed by atoms with Crippen molar-refractivity contribution in [1.82, 2.24) is 15.2 Å². The number of nitrogens with one attached hydrogen (secondary N) is 1. The van der Waals surface area contributed by atoms with Crippen LogP contribution in [0.15, 0.2) is 40.1 Å². The molecule has 1 aromatic carbocycles. The lowest BCUT2D eigenvalue weighted by atomic mass is 10.0. The van der Waals surface area contributed by atoms with E-state index in [1.807, 2.05) is 11.4 Å². The van der Waals surface area contributed by atoms with E-state index in [1.165, 1.54) is 29.5 Å². The smallest absolute Gasteiger partial charge is 0.325 e. The van der Waals surface area contributed by atoms with Crippen molar-refractivity contribution in [2.45, 2.75) is 19.0 Å². The molecule has 122 valence electrons. The van der Waals surface area contributed by atoms with Crippen molar-refractivity contribution in [3.63, 3.8) is 0 Å². The largest absolute Gasteiger partial charge is 0.439 e. The van der Waals surface area contributed by atoms with E-state index in [-0.39, 0.29) is 18.3 Å². The predicted octanol–water partition coefficient (Wildman–Crippen LogP) is 3.00. The van der Waals surface area contributed by atoms with Crippen LogP contribution in [0.1, 0.15) is 17.7 Å². The highest BCUT2D eigenvalue weighted by Crippen LogP contribution is 2.32. The number of aromatic nitrogens is 1. The number of nitrogens with zero attached hydrogens (tertiary/aromatic N) is 2. The molecule has 3 heterocycles. The van der Waals surface area contributed by atoms with Crippen LogP contribution in [-0.4, -0.2) is 21.8 Å². The second-order valence-electron chi connectivity index (χ2n) is 5.64. The van der Waals surface area contributed by atoms with Crippen LogP contribution in [0, 0.1) is 5.82 Å². The van der Waals surface area contributed by atoms with Crippen LogP contribution in [0.4, 0.5) is 9.18 Å². The van der Waals surface area contributed by atoms with Crippen LogP contribution in [0.2, 0.25) is 0 Å². The lowest BCUT2D eigenvalue weighted by Gasteiger charge is -2.19. The molecule has 6 nitrogen and oxygen atoms in total. The van der Waals surface area contributed by atoms with E-state index in [9.17, 15) is 14.0 Å². The summed E-state index contributed by atoms with van der Waals surface area (Å²) in [6.45, 7) is 1.56. The Balaban J connectivity index is 1.64. The number of rotatable bonds is 3. The second kappa shape index (κ2) is 5.13. The summed E-state index contributed by atoms with van der Waals surface area (Å²) in [5.74, 6) is -0.625. The van der Waals surface area contributed by atoms with Gasteiger partial charge in [0.1, 0.15) is 17.9 Å². The number of thiophene rings is 1. The number of fused-ring (bicyclic) bond motifs is 1. The van der Waals surface area contributed by atoms with Crippen molar-refractivity contribution in [3.8, 4) is 0 Å². The van der Waals surface area contributed by atoms with Crippen LogP contribution in [0.5, 0.6) is 0 Å². The Morgan fingerprint density at radius 2 is 2.21 bits per heavy atom. The van der Waals surface area contributed by atoms with Gasteiger partial charge in [-0.15, -0.1) is 11.3 Å². The lowest BCUT2D eigenvalue weighted by molar-refractivity contribution is -0.131. The highest BCUT2D eigenvalue weighted by atomic mass is 32.1. The Morgan fingerprint density at radius 1 is 1.38 bits per heavy atom. The van der Waals surface area contributed by atoms with Gasteiger partial charge < -0.3 is 9.73 Å². The molecule has 1 saturated heterocycles. The summed E-state index contributed by atoms with van der Waals surface area (Å²) in [7, 11) is 0. The van der Waals surface area contributed by atoms with Gasteiger partial charge in [-0.05, 0) is 30.5 Å². The zero-order valence-electron chi connectivity index (χ0n) is 12.6. The number of oxazole rings is 1. The minimum absolute atomic E-state index is 0.109. The Kier molecular flexibility index (Phi) is 3.17. The average molecular weight is 345 g/mol. The summed E-state index contributed by atoms with van der Waals surface area (Å²) >= 11 is 1.40. The van der Waals surface area contributed by atoms with Gasteiger partial charge >= 0.3 is 6.03 Å². The fourth-order valence-electron chi connectivity index (χ4n) is 2.72. The first-order chi connectivity index (χ1) is 11.5. The standard InChI is InChI=1S/C16H12FN3O3S/c1-16(12-3-2-6-24-12)14(21)20(15(22)19-16)8-13-18-10-7-9(17)4-5-11(10)23-13/h2-7H,8H2,1H3,(H,19,22)/t16-/m0/s1. The van der Waals surface area contributed by atoms with E-state index in [0.29, 0.717) is 11.1 Å². The van der Waals surface area contributed by atoms with Gasteiger partial charge in [0.25, 0.3) is 5.91 Å². The molecular weight excluding hydrogens is 333 g/mol. The van der Waals surface area contributed by atoms with Crippen LogP contribution < -0.4 is 5.32 Å². The Bertz CT molecular complexity index is 953. The first-order valence-electron chi connectivity index (χ1n) is 7.20. The minimum Gasteiger partial charge on any atom is -0.439 e. The third kappa shape index (κ3) is 2.18. The molecule has 8 heteroatoms. The van der Waals surface area contributed by atoms with Gasteiger partial charge in [0, 0.05) is 10.9 Å². The van der Waals surface area contributed by atoms with E-state index in [4.69, 9.17) is 4.42 Å². The van der Waals surface area contributed by atoms with Gasteiger partial charge in [0.05, 0.1) is 0 Å². The van der Waals surface area contributed by atoms with Crippen molar-refractivity contribution in [3.05, 3.63) is 52.3 Å². The third-order valence-corrected chi connectivity index (χ3v) is 5.07. The van der Waals surface area contributed by atoms with E-state index < -0.39 is 17.4 Å². The highest BCUT2D eigenvalue weighted by Gasteiger charge is 2.50. The SMILES string of the molecule is C[C@@]1(c2cccs2)NC(=O)N(Cc2nc3cc(F)ccc3o2)C1=O. The molecule has 2 aromatic heterocycles. The molecule has 1 N–H and O–H groups in total. The number of amides is 3. The molecule has 0 radical (unpaired) electrons. The van der Waals surface area contributed by atoms with Gasteiger partial charge in [-0.1, -0.05) is 6.07 Å². The van der Waals surface area contributed by atoms with Gasteiger partial charge in [-0.3, -0.25) is 9.69 Å². The van der Waals surface area contributed by atoms with Crippen LogP contribution in [0.3, 0.4) is 0 Å². The molecule has 4 rings (SSSR count). The number of carbonyl (C=O) groups excluding carboxylic acids is 2. The average Bonchev–Trinajstić information content (AvgIpc) is 3.24. The molecule has 24 heavy (non-hydrogen) atoms. The van der Waals surface area contributed by atoms with Crippen molar-refractivity contribution < 1.29 is 18.4 Å². The first kappa shape index (κ1) is 14.8. The molecular formula is C16H12FN3O3S. The molecule has 0 aliphatic carbocycles. The first-order valence-corrected chi connectivity index (χ1v) is 8.08. The molecule has 0 spiro atoms. The van der Waals surface area contributed by atoms with Gasteiger partial charge in [0.15, 0.2) is 11.1 Å². The quantitative estimate of drug-likeness (QED) is 0.741. The summed E-state index contributed by atoms with van der Waals surface area (Å²) in [6.07, 6.45) is 0. The molecule has 0 bridgehead atoms. The predicted molar refractivity (Wildman–Crippen MR) is 84.7 cm³/mol. The van der Waals surface area contributed by atoms with Crippen molar-refractivity contribution >= 4 is 34.4 Å². The van der Waals surface area contributed by atoms with Gasteiger partial charge in [-0.2, -0.15) is 0 Å². The maximum absolute atomic E-state index is 13.2. The van der Waals surface area contributed by atoms with E-state index in [0.717, 1.165) is 9.78 Å². The third-order valence-electron chi connectivity index (χ3n) is 3.98. The normalized spacial score (nSPS) is 20.8. The number of halogens is 1. The fraction of sp³-hybridized carbons (Fsp3) is 0.188. The van der Waals surface area contributed by atoms with Gasteiger partial charge in [0.2, 0.25) is 5.89 Å². The molecule has 1 aliphatic heterocycles. The molecule has 1 atom stereocenters. The van der Waals surface area contributed by atoms with Crippen molar-refractivity contribution in [2.24, 2.45) is 0 Å². The molecule has 0 saturated carbocycles. The monoisotopic (exact) mass is 345 g/mol. The summed E-state index contributed by atoms with van der Waals surface area (Å²) in [4.78, 5) is 30.9. The second-order valence-corrected chi connectivity index (χ2v) is 6.59. The topological polar surface area (TPSA) is 75.4 Å². The van der Waals surface area contributed by atoms with Crippen LogP contribution in [0.25, 0.3) is 11.1 Å². The zero-order chi connectivity index (χ0) is 16.9. The number of hydrogen-bond acceptors (Lipinski definition) is 5. The highest BCUT2D eigenvalue weighted by molar-refractivity contribution is 7.10. The van der Waals surface area contributed by atoms with Gasteiger partial charge in [-0.25, -0.2) is 14.2 Å². The number of benzene rings is 1. The number of carbonyl (C=O) groups is 2. The number of hydrogen-bond donors (Lipinski definition) is 1. The summed E-state index contributed by atoms with van der Waals surface area (Å²) < 4.78 is 18.7. The van der Waals surface area contributed by atoms with E-state index >= 15 is 0 Å².